The van der Waals surface area contributed by atoms with E-state index in [2.05, 4.69) is 35.1 Å². The first kappa shape index (κ1) is 8.81. The minimum absolute atomic E-state index is 1.11. The highest BCUT2D eigenvalue weighted by molar-refractivity contribution is 8.02. The molecule has 0 aliphatic carbocycles. The predicted molar refractivity (Wildman–Crippen MR) is 54.0 cm³/mol. The molecule has 0 saturated carbocycles. The van der Waals surface area contributed by atoms with Crippen molar-refractivity contribution in [3.63, 3.8) is 0 Å². The van der Waals surface area contributed by atoms with Crippen molar-refractivity contribution in [2.75, 3.05) is 5.75 Å². The zero-order chi connectivity index (χ0) is 8.10. The van der Waals surface area contributed by atoms with Crippen molar-refractivity contribution in [2.45, 2.75) is 13.8 Å². The van der Waals surface area contributed by atoms with Crippen molar-refractivity contribution in [2.24, 2.45) is 0 Å². The summed E-state index contributed by atoms with van der Waals surface area (Å²) in [5.74, 6) is 1.12. The second-order valence-electron chi connectivity index (χ2n) is 2.14. The Labute approximate surface area is 75.7 Å². The van der Waals surface area contributed by atoms with Crippen molar-refractivity contribution in [3.8, 4) is 0 Å². The molecule has 0 unspecified atom stereocenters. The average Bonchev–Trinajstić information content (AvgIpc) is 2.37. The minimum Gasteiger partial charge on any atom is -0.193 e. The highest BCUT2D eigenvalue weighted by Crippen LogP contribution is 2.12. The van der Waals surface area contributed by atoms with Gasteiger partial charge in [-0.2, -0.15) is 4.37 Å². The largest absolute Gasteiger partial charge is 0.193 e. The van der Waals surface area contributed by atoms with Gasteiger partial charge < -0.3 is 0 Å². The molecule has 0 amide bonds. The summed E-state index contributed by atoms with van der Waals surface area (Å²) in [4.78, 5) is 0. The summed E-state index contributed by atoms with van der Waals surface area (Å²) < 4.78 is 4.23. The van der Waals surface area contributed by atoms with Gasteiger partial charge in [-0.05, 0) is 41.3 Å². The molecule has 0 aromatic carbocycles. The molecule has 0 saturated heterocycles. The standard InChI is InChI=1S/C8H11NS2/c1-3-10-5-4-8-7(2)6-11-9-8/h4-6H,3H2,1-2H3. The number of aryl methyl sites for hydroxylation is 1. The average molecular weight is 185 g/mol. The molecule has 0 aliphatic heterocycles. The number of rotatable bonds is 3. The van der Waals surface area contributed by atoms with Crippen LogP contribution in [0.3, 0.4) is 0 Å². The maximum Gasteiger partial charge on any atom is 0.0802 e. The summed E-state index contributed by atoms with van der Waals surface area (Å²) >= 11 is 3.31. The van der Waals surface area contributed by atoms with E-state index in [0.717, 1.165) is 11.4 Å². The third kappa shape index (κ3) is 2.67. The molecular weight excluding hydrogens is 174 g/mol. The molecule has 0 atom stereocenters. The van der Waals surface area contributed by atoms with E-state index in [9.17, 15) is 0 Å². The second-order valence-corrected chi connectivity index (χ2v) is 3.95. The normalized spacial score (nSPS) is 11.1. The zero-order valence-corrected chi connectivity index (χ0v) is 8.34. The molecule has 0 radical (unpaired) electrons. The maximum absolute atomic E-state index is 4.23. The van der Waals surface area contributed by atoms with E-state index < -0.39 is 0 Å². The van der Waals surface area contributed by atoms with Gasteiger partial charge in [-0.1, -0.05) is 6.92 Å². The van der Waals surface area contributed by atoms with Crippen LogP contribution in [0.1, 0.15) is 18.2 Å². The molecule has 1 aromatic heterocycles. The van der Waals surface area contributed by atoms with Gasteiger partial charge in [0.05, 0.1) is 5.69 Å². The number of aromatic nitrogens is 1. The summed E-state index contributed by atoms with van der Waals surface area (Å²) in [5, 5.41) is 4.17. The lowest BCUT2D eigenvalue weighted by Gasteiger charge is -1.86. The van der Waals surface area contributed by atoms with Gasteiger partial charge in [-0.15, -0.1) is 11.8 Å². The van der Waals surface area contributed by atoms with E-state index >= 15 is 0 Å². The molecule has 0 bridgehead atoms. The van der Waals surface area contributed by atoms with E-state index in [1.807, 2.05) is 0 Å². The van der Waals surface area contributed by atoms with E-state index in [1.165, 1.54) is 17.1 Å². The van der Waals surface area contributed by atoms with Crippen LogP contribution in [0.4, 0.5) is 0 Å². The fraction of sp³-hybridized carbons (Fsp3) is 0.375. The lowest BCUT2D eigenvalue weighted by atomic mass is 10.3. The van der Waals surface area contributed by atoms with Crippen LogP contribution in [-0.4, -0.2) is 10.1 Å². The van der Waals surface area contributed by atoms with Crippen molar-refractivity contribution in [1.82, 2.24) is 4.37 Å². The van der Waals surface area contributed by atoms with Crippen LogP contribution < -0.4 is 0 Å². The molecule has 11 heavy (non-hydrogen) atoms. The predicted octanol–water partition coefficient (Wildman–Crippen LogP) is 3.18. The van der Waals surface area contributed by atoms with Crippen molar-refractivity contribution in [3.05, 3.63) is 22.0 Å². The van der Waals surface area contributed by atoms with Crippen molar-refractivity contribution < 1.29 is 0 Å². The van der Waals surface area contributed by atoms with Crippen LogP contribution in [0.15, 0.2) is 10.8 Å². The van der Waals surface area contributed by atoms with Crippen molar-refractivity contribution >= 4 is 29.4 Å². The van der Waals surface area contributed by atoms with E-state index in [1.54, 1.807) is 11.8 Å². The van der Waals surface area contributed by atoms with Gasteiger partial charge in [-0.25, -0.2) is 0 Å². The Morgan fingerprint density at radius 3 is 3.09 bits per heavy atom. The lowest BCUT2D eigenvalue weighted by molar-refractivity contribution is 1.41. The summed E-state index contributed by atoms with van der Waals surface area (Å²) in [6, 6.07) is 0. The van der Waals surface area contributed by atoms with Crippen LogP contribution in [0.2, 0.25) is 0 Å². The second kappa shape index (κ2) is 4.57. The first-order chi connectivity index (χ1) is 5.34. The molecule has 0 aliphatic rings. The smallest absolute Gasteiger partial charge is 0.0802 e. The fourth-order valence-corrected chi connectivity index (χ4v) is 1.73. The number of hydrogen-bond acceptors (Lipinski definition) is 3. The van der Waals surface area contributed by atoms with Crippen molar-refractivity contribution in [1.29, 1.82) is 0 Å². The third-order valence-corrected chi connectivity index (χ3v) is 2.70. The lowest BCUT2D eigenvalue weighted by Crippen LogP contribution is -1.72. The molecular formula is C8H11NS2. The number of thioether (sulfide) groups is 1. The first-order valence-corrected chi connectivity index (χ1v) is 5.42. The number of nitrogens with zero attached hydrogens (tertiary/aromatic N) is 1. The Balaban J connectivity index is 2.56. The SMILES string of the molecule is CCSC=Cc1nscc1C. The molecule has 0 N–H and O–H groups in total. The molecule has 3 heteroatoms. The summed E-state index contributed by atoms with van der Waals surface area (Å²) in [5.41, 5.74) is 2.37. The van der Waals surface area contributed by atoms with E-state index in [0.29, 0.717) is 0 Å². The topological polar surface area (TPSA) is 12.9 Å². The van der Waals surface area contributed by atoms with Crippen LogP contribution >= 0.6 is 23.3 Å². The van der Waals surface area contributed by atoms with Gasteiger partial charge >= 0.3 is 0 Å². The Morgan fingerprint density at radius 2 is 2.55 bits per heavy atom. The van der Waals surface area contributed by atoms with Gasteiger partial charge in [0.15, 0.2) is 0 Å². The summed E-state index contributed by atoms with van der Waals surface area (Å²) in [6.45, 7) is 4.22. The monoisotopic (exact) mass is 185 g/mol. The fourth-order valence-electron chi connectivity index (χ4n) is 0.665. The Morgan fingerprint density at radius 1 is 1.73 bits per heavy atom. The van der Waals surface area contributed by atoms with Gasteiger partial charge in [0.1, 0.15) is 0 Å². The van der Waals surface area contributed by atoms with Gasteiger partial charge in [0.25, 0.3) is 0 Å². The minimum atomic E-state index is 1.11. The highest BCUT2D eigenvalue weighted by Gasteiger charge is 1.94. The van der Waals surface area contributed by atoms with E-state index in [-0.39, 0.29) is 0 Å². The van der Waals surface area contributed by atoms with Crippen LogP contribution in [-0.2, 0) is 0 Å². The molecule has 1 nitrogen and oxygen atoms in total. The van der Waals surface area contributed by atoms with Gasteiger partial charge in [-0.3, -0.25) is 0 Å². The van der Waals surface area contributed by atoms with Crippen LogP contribution in [0, 0.1) is 6.92 Å². The molecule has 1 heterocycles. The highest BCUT2D eigenvalue weighted by atomic mass is 32.2. The third-order valence-electron chi connectivity index (χ3n) is 1.27. The zero-order valence-electron chi connectivity index (χ0n) is 6.70. The van der Waals surface area contributed by atoms with Gasteiger partial charge in [0.2, 0.25) is 0 Å². The number of hydrogen-bond donors (Lipinski definition) is 0. The molecule has 0 spiro atoms. The molecule has 1 rings (SSSR count). The van der Waals surface area contributed by atoms with Crippen LogP contribution in [0.25, 0.3) is 6.08 Å². The summed E-state index contributed by atoms with van der Waals surface area (Å²) in [6.07, 6.45) is 2.07. The Kier molecular flexibility index (Phi) is 3.66. The first-order valence-electron chi connectivity index (χ1n) is 3.53. The summed E-state index contributed by atoms with van der Waals surface area (Å²) in [7, 11) is 0. The van der Waals surface area contributed by atoms with Crippen LogP contribution in [0.5, 0.6) is 0 Å². The molecule has 0 fully saturated rings. The molecule has 1 aromatic rings. The Bertz CT molecular complexity index is 240. The molecule has 60 valence electrons. The van der Waals surface area contributed by atoms with Gasteiger partial charge in [0, 0.05) is 5.38 Å². The van der Waals surface area contributed by atoms with E-state index in [4.69, 9.17) is 0 Å². The quantitative estimate of drug-likeness (QED) is 0.717. The maximum atomic E-state index is 4.23. The Hall–Kier alpha value is -0.280.